The van der Waals surface area contributed by atoms with Crippen molar-refractivity contribution in [1.29, 1.82) is 0 Å². The first-order valence-electron chi connectivity index (χ1n) is 7.43. The predicted molar refractivity (Wildman–Crippen MR) is 93.7 cm³/mol. The molecule has 0 bridgehead atoms. The second kappa shape index (κ2) is 7.14. The van der Waals surface area contributed by atoms with Crippen LogP contribution in [0.5, 0.6) is 0 Å². The molecule has 0 aliphatic rings. The number of amides is 1. The number of carbonyl (C=O) groups excluding carboxylic acids is 1. The van der Waals surface area contributed by atoms with E-state index in [0.717, 1.165) is 10.7 Å². The molecule has 7 nitrogen and oxygen atoms in total. The van der Waals surface area contributed by atoms with E-state index in [4.69, 9.17) is 0 Å². The Hall–Kier alpha value is -2.87. The summed E-state index contributed by atoms with van der Waals surface area (Å²) in [5.41, 5.74) is 1.13. The molecule has 0 aliphatic carbocycles. The van der Waals surface area contributed by atoms with Gasteiger partial charge in [0.05, 0.1) is 16.9 Å². The van der Waals surface area contributed by atoms with Gasteiger partial charge in [-0.2, -0.15) is 0 Å². The summed E-state index contributed by atoms with van der Waals surface area (Å²) >= 11 is 1.41. The standard InChI is InChI=1S/C16H16N6OS/c1-3-12-18-8-6-13(21-12)22-15(23)14-16(24-10(2)19-14)20-11-5-4-7-17-9-11/h4-9,20H,3H2,1-2H3,(H,18,21,22,23). The molecule has 0 radical (unpaired) electrons. The SMILES string of the molecule is CCc1nccc(NC(=O)c2nc(C)sc2Nc2cccnc2)n1. The van der Waals surface area contributed by atoms with Crippen LogP contribution in [0.25, 0.3) is 0 Å². The first kappa shape index (κ1) is 16.0. The zero-order valence-corrected chi connectivity index (χ0v) is 14.1. The summed E-state index contributed by atoms with van der Waals surface area (Å²) in [4.78, 5) is 29.3. The lowest BCUT2D eigenvalue weighted by Crippen LogP contribution is -2.15. The number of pyridine rings is 1. The molecule has 1 amide bonds. The number of aryl methyl sites for hydroxylation is 2. The zero-order chi connectivity index (χ0) is 16.9. The minimum Gasteiger partial charge on any atom is -0.344 e. The first-order chi connectivity index (χ1) is 11.7. The van der Waals surface area contributed by atoms with E-state index in [-0.39, 0.29) is 5.91 Å². The van der Waals surface area contributed by atoms with Crippen LogP contribution in [-0.2, 0) is 6.42 Å². The van der Waals surface area contributed by atoms with Crippen molar-refractivity contribution in [3.63, 3.8) is 0 Å². The van der Waals surface area contributed by atoms with E-state index in [9.17, 15) is 4.79 Å². The number of thiazole rings is 1. The van der Waals surface area contributed by atoms with Crippen LogP contribution in [0.2, 0.25) is 0 Å². The lowest BCUT2D eigenvalue weighted by Gasteiger charge is -2.07. The van der Waals surface area contributed by atoms with E-state index in [2.05, 4.69) is 30.6 Å². The van der Waals surface area contributed by atoms with E-state index in [1.807, 2.05) is 26.0 Å². The number of nitrogens with zero attached hydrogens (tertiary/aromatic N) is 4. The van der Waals surface area contributed by atoms with Crippen LogP contribution in [-0.4, -0.2) is 25.8 Å². The van der Waals surface area contributed by atoms with Gasteiger partial charge in [0, 0.05) is 18.8 Å². The highest BCUT2D eigenvalue weighted by Gasteiger charge is 2.18. The van der Waals surface area contributed by atoms with Gasteiger partial charge in [-0.25, -0.2) is 15.0 Å². The van der Waals surface area contributed by atoms with Gasteiger partial charge in [-0.15, -0.1) is 11.3 Å². The van der Waals surface area contributed by atoms with Crippen molar-refractivity contribution in [2.45, 2.75) is 20.3 Å². The maximum Gasteiger partial charge on any atom is 0.278 e. The fourth-order valence-electron chi connectivity index (χ4n) is 2.05. The van der Waals surface area contributed by atoms with E-state index >= 15 is 0 Å². The number of nitrogens with one attached hydrogen (secondary N) is 2. The van der Waals surface area contributed by atoms with Crippen molar-refractivity contribution in [3.05, 3.63) is 53.3 Å². The number of hydrogen-bond acceptors (Lipinski definition) is 7. The minimum atomic E-state index is -0.313. The molecule has 3 rings (SSSR count). The molecule has 0 aliphatic heterocycles. The van der Waals surface area contributed by atoms with E-state index < -0.39 is 0 Å². The third-order valence-corrected chi connectivity index (χ3v) is 4.02. The Kier molecular flexibility index (Phi) is 4.76. The molecule has 122 valence electrons. The molecule has 3 aromatic heterocycles. The number of anilines is 3. The van der Waals surface area contributed by atoms with Gasteiger partial charge >= 0.3 is 0 Å². The Balaban J connectivity index is 1.82. The van der Waals surface area contributed by atoms with Gasteiger partial charge in [-0.05, 0) is 25.1 Å². The normalized spacial score (nSPS) is 10.4. The summed E-state index contributed by atoms with van der Waals surface area (Å²) in [5, 5.41) is 7.42. The summed E-state index contributed by atoms with van der Waals surface area (Å²) in [6.07, 6.45) is 5.71. The van der Waals surface area contributed by atoms with Gasteiger partial charge in [-0.3, -0.25) is 9.78 Å². The van der Waals surface area contributed by atoms with Crippen molar-refractivity contribution in [2.24, 2.45) is 0 Å². The molecule has 0 unspecified atom stereocenters. The summed E-state index contributed by atoms with van der Waals surface area (Å²) < 4.78 is 0. The molecule has 3 aromatic rings. The van der Waals surface area contributed by atoms with E-state index in [1.165, 1.54) is 11.3 Å². The molecule has 0 saturated heterocycles. The molecule has 24 heavy (non-hydrogen) atoms. The molecule has 0 fully saturated rings. The van der Waals surface area contributed by atoms with Crippen molar-refractivity contribution in [3.8, 4) is 0 Å². The molecule has 0 saturated carbocycles. The van der Waals surface area contributed by atoms with Crippen LogP contribution >= 0.6 is 11.3 Å². The highest BCUT2D eigenvalue weighted by molar-refractivity contribution is 7.16. The number of rotatable bonds is 5. The van der Waals surface area contributed by atoms with Crippen LogP contribution in [0.1, 0.15) is 28.2 Å². The second-order valence-corrected chi connectivity index (χ2v) is 6.15. The number of aromatic nitrogens is 4. The third-order valence-electron chi connectivity index (χ3n) is 3.13. The lowest BCUT2D eigenvalue weighted by molar-refractivity contribution is 0.102. The van der Waals surface area contributed by atoms with Gasteiger partial charge in [0.1, 0.15) is 16.6 Å². The van der Waals surface area contributed by atoms with Crippen LogP contribution in [0.3, 0.4) is 0 Å². The lowest BCUT2D eigenvalue weighted by atomic mass is 10.3. The fraction of sp³-hybridized carbons (Fsp3) is 0.188. The van der Waals surface area contributed by atoms with Gasteiger partial charge in [0.15, 0.2) is 5.69 Å². The summed E-state index contributed by atoms with van der Waals surface area (Å²) in [6.45, 7) is 3.82. The average Bonchev–Trinajstić information content (AvgIpc) is 2.96. The van der Waals surface area contributed by atoms with Gasteiger partial charge in [0.25, 0.3) is 5.91 Å². The maximum atomic E-state index is 12.6. The van der Waals surface area contributed by atoms with Crippen LogP contribution in [0.4, 0.5) is 16.5 Å². The van der Waals surface area contributed by atoms with Gasteiger partial charge in [-0.1, -0.05) is 6.92 Å². The van der Waals surface area contributed by atoms with Crippen LogP contribution in [0, 0.1) is 6.92 Å². The summed E-state index contributed by atoms with van der Waals surface area (Å²) in [6, 6.07) is 5.36. The molecule has 8 heteroatoms. The first-order valence-corrected chi connectivity index (χ1v) is 8.25. The molecular weight excluding hydrogens is 324 g/mol. The van der Waals surface area contributed by atoms with Crippen molar-refractivity contribution < 1.29 is 4.79 Å². The largest absolute Gasteiger partial charge is 0.344 e. The summed E-state index contributed by atoms with van der Waals surface area (Å²) in [5.74, 6) is 0.826. The smallest absolute Gasteiger partial charge is 0.278 e. The average molecular weight is 340 g/mol. The quantitative estimate of drug-likeness (QED) is 0.741. The Morgan fingerprint density at radius 1 is 1.25 bits per heavy atom. The fourth-order valence-corrected chi connectivity index (χ4v) is 2.88. The van der Waals surface area contributed by atoms with Crippen molar-refractivity contribution in [2.75, 3.05) is 10.6 Å². The number of hydrogen-bond donors (Lipinski definition) is 2. The maximum absolute atomic E-state index is 12.6. The minimum absolute atomic E-state index is 0.313. The Morgan fingerprint density at radius 2 is 2.12 bits per heavy atom. The van der Waals surface area contributed by atoms with Crippen LogP contribution in [0.15, 0.2) is 36.8 Å². The topological polar surface area (TPSA) is 92.7 Å². The Labute approximate surface area is 143 Å². The molecule has 0 spiro atoms. The van der Waals surface area contributed by atoms with Gasteiger partial charge < -0.3 is 10.6 Å². The highest BCUT2D eigenvalue weighted by atomic mass is 32.1. The Bertz CT molecular complexity index is 849. The molecule has 0 atom stereocenters. The van der Waals surface area contributed by atoms with E-state index in [1.54, 1.807) is 24.7 Å². The second-order valence-electron chi connectivity index (χ2n) is 4.94. The monoisotopic (exact) mass is 340 g/mol. The molecule has 3 heterocycles. The predicted octanol–water partition coefficient (Wildman–Crippen LogP) is 3.19. The van der Waals surface area contributed by atoms with Crippen LogP contribution < -0.4 is 10.6 Å². The molecule has 2 N–H and O–H groups in total. The summed E-state index contributed by atoms with van der Waals surface area (Å²) in [7, 11) is 0. The Morgan fingerprint density at radius 3 is 2.88 bits per heavy atom. The zero-order valence-electron chi connectivity index (χ0n) is 13.3. The highest BCUT2D eigenvalue weighted by Crippen LogP contribution is 2.28. The van der Waals surface area contributed by atoms with E-state index in [0.29, 0.717) is 28.8 Å². The third kappa shape index (κ3) is 3.72. The number of carbonyl (C=O) groups is 1. The van der Waals surface area contributed by atoms with Gasteiger partial charge in [0.2, 0.25) is 0 Å². The molecule has 0 aromatic carbocycles. The van der Waals surface area contributed by atoms with Crippen molar-refractivity contribution >= 4 is 33.8 Å². The molecular formula is C16H16N6OS. The van der Waals surface area contributed by atoms with Crippen molar-refractivity contribution in [1.82, 2.24) is 19.9 Å².